The summed E-state index contributed by atoms with van der Waals surface area (Å²) in [6, 6.07) is 0.0177. The Labute approximate surface area is 105 Å². The van der Waals surface area contributed by atoms with Crippen LogP contribution >= 0.6 is 0 Å². The molecule has 0 spiro atoms. The quantitative estimate of drug-likeness (QED) is 0.629. The fourth-order valence-electron chi connectivity index (χ4n) is 1.62. The van der Waals surface area contributed by atoms with Crippen molar-refractivity contribution in [2.45, 2.75) is 47.1 Å². The van der Waals surface area contributed by atoms with Gasteiger partial charge < -0.3 is 15.7 Å². The Hall–Kier alpha value is -0.610. The molecule has 17 heavy (non-hydrogen) atoms. The maximum atomic E-state index is 11.9. The lowest BCUT2D eigenvalue weighted by Crippen LogP contribution is -2.47. The van der Waals surface area contributed by atoms with Crippen LogP contribution in [0.3, 0.4) is 0 Å². The van der Waals surface area contributed by atoms with Gasteiger partial charge in [-0.05, 0) is 18.4 Å². The van der Waals surface area contributed by atoms with Gasteiger partial charge in [0.15, 0.2) is 0 Å². The van der Waals surface area contributed by atoms with Crippen LogP contribution in [0.4, 0.5) is 0 Å². The van der Waals surface area contributed by atoms with Crippen molar-refractivity contribution in [1.82, 2.24) is 10.6 Å². The molecule has 0 fully saturated rings. The topological polar surface area (TPSA) is 61.4 Å². The standard InChI is InChI=1S/C13H28N2O2/c1-6-14-9-10(2)12(17)15-11(7-8-16)13(3,4)5/h10-11,14,16H,6-9H2,1-5H3,(H,15,17). The molecule has 2 atom stereocenters. The first-order valence-electron chi connectivity index (χ1n) is 6.44. The lowest BCUT2D eigenvalue weighted by Gasteiger charge is -2.32. The van der Waals surface area contributed by atoms with E-state index in [0.717, 1.165) is 6.54 Å². The molecule has 3 N–H and O–H groups in total. The van der Waals surface area contributed by atoms with E-state index >= 15 is 0 Å². The average molecular weight is 244 g/mol. The Kier molecular flexibility index (Phi) is 7.39. The maximum absolute atomic E-state index is 11.9. The number of amides is 1. The highest BCUT2D eigenvalue weighted by Crippen LogP contribution is 2.21. The number of carbonyl (C=O) groups is 1. The molecule has 0 rings (SSSR count). The highest BCUT2D eigenvalue weighted by molar-refractivity contribution is 5.78. The van der Waals surface area contributed by atoms with Crippen molar-refractivity contribution in [3.05, 3.63) is 0 Å². The lowest BCUT2D eigenvalue weighted by atomic mass is 9.84. The van der Waals surface area contributed by atoms with Crippen LogP contribution in [-0.4, -0.2) is 36.8 Å². The van der Waals surface area contributed by atoms with Crippen LogP contribution in [0.25, 0.3) is 0 Å². The van der Waals surface area contributed by atoms with Gasteiger partial charge in [-0.25, -0.2) is 0 Å². The van der Waals surface area contributed by atoms with Gasteiger partial charge in [0.1, 0.15) is 0 Å². The second kappa shape index (κ2) is 7.67. The molecule has 0 aliphatic carbocycles. The lowest BCUT2D eigenvalue weighted by molar-refractivity contribution is -0.126. The van der Waals surface area contributed by atoms with E-state index in [0.29, 0.717) is 13.0 Å². The number of rotatable bonds is 7. The number of nitrogens with one attached hydrogen (secondary N) is 2. The Balaban J connectivity index is 4.30. The van der Waals surface area contributed by atoms with Crippen LogP contribution in [0, 0.1) is 11.3 Å². The Morgan fingerprint density at radius 3 is 2.35 bits per heavy atom. The molecule has 4 heteroatoms. The van der Waals surface area contributed by atoms with Crippen molar-refractivity contribution in [3.63, 3.8) is 0 Å². The largest absolute Gasteiger partial charge is 0.396 e. The second-order valence-corrected chi connectivity index (χ2v) is 5.65. The van der Waals surface area contributed by atoms with E-state index in [9.17, 15) is 4.79 Å². The minimum atomic E-state index is -0.0431. The average Bonchev–Trinajstić information content (AvgIpc) is 2.23. The minimum Gasteiger partial charge on any atom is -0.396 e. The molecule has 2 unspecified atom stereocenters. The summed E-state index contributed by atoms with van der Waals surface area (Å²) in [5.41, 5.74) is -0.0315. The molecule has 1 amide bonds. The highest BCUT2D eigenvalue weighted by atomic mass is 16.3. The first-order valence-corrected chi connectivity index (χ1v) is 6.44. The number of aliphatic hydroxyl groups is 1. The zero-order valence-electron chi connectivity index (χ0n) is 11.8. The molecule has 0 aliphatic heterocycles. The van der Waals surface area contributed by atoms with Crippen LogP contribution in [0.15, 0.2) is 0 Å². The van der Waals surface area contributed by atoms with Gasteiger partial charge in [-0.15, -0.1) is 0 Å². The SMILES string of the molecule is CCNCC(C)C(=O)NC(CCO)C(C)(C)C. The smallest absolute Gasteiger partial charge is 0.224 e. The number of hydrogen-bond acceptors (Lipinski definition) is 3. The summed E-state index contributed by atoms with van der Waals surface area (Å²) >= 11 is 0. The number of hydrogen-bond donors (Lipinski definition) is 3. The fourth-order valence-corrected chi connectivity index (χ4v) is 1.62. The van der Waals surface area contributed by atoms with E-state index in [-0.39, 0.29) is 29.9 Å². The minimum absolute atomic E-state index is 0.0177. The van der Waals surface area contributed by atoms with Crippen LogP contribution in [0.1, 0.15) is 41.0 Å². The predicted molar refractivity (Wildman–Crippen MR) is 70.8 cm³/mol. The Morgan fingerprint density at radius 2 is 1.94 bits per heavy atom. The van der Waals surface area contributed by atoms with Gasteiger partial charge in [0.2, 0.25) is 5.91 Å². The van der Waals surface area contributed by atoms with Crippen LogP contribution in [0.5, 0.6) is 0 Å². The summed E-state index contributed by atoms with van der Waals surface area (Å²) in [5, 5.41) is 15.2. The zero-order chi connectivity index (χ0) is 13.5. The molecule has 0 bridgehead atoms. The van der Waals surface area contributed by atoms with E-state index in [1.807, 2.05) is 13.8 Å². The molecule has 0 aliphatic rings. The van der Waals surface area contributed by atoms with Gasteiger partial charge in [0, 0.05) is 25.1 Å². The van der Waals surface area contributed by atoms with Crippen molar-refractivity contribution in [2.24, 2.45) is 11.3 Å². The molecular formula is C13H28N2O2. The molecule has 0 aromatic rings. The molecule has 0 aromatic carbocycles. The first kappa shape index (κ1) is 16.4. The van der Waals surface area contributed by atoms with Gasteiger partial charge >= 0.3 is 0 Å². The van der Waals surface area contributed by atoms with E-state index in [1.165, 1.54) is 0 Å². The third-order valence-electron chi connectivity index (χ3n) is 2.93. The molecule has 0 saturated heterocycles. The maximum Gasteiger partial charge on any atom is 0.224 e. The summed E-state index contributed by atoms with van der Waals surface area (Å²) in [4.78, 5) is 11.9. The van der Waals surface area contributed by atoms with E-state index in [4.69, 9.17) is 5.11 Å². The monoisotopic (exact) mass is 244 g/mol. The Morgan fingerprint density at radius 1 is 1.35 bits per heavy atom. The summed E-state index contributed by atoms with van der Waals surface area (Å²) in [6.45, 7) is 11.8. The molecule has 0 saturated carbocycles. The van der Waals surface area contributed by atoms with Gasteiger partial charge in [0.25, 0.3) is 0 Å². The van der Waals surface area contributed by atoms with E-state index < -0.39 is 0 Å². The number of aliphatic hydroxyl groups excluding tert-OH is 1. The Bertz CT molecular complexity index is 224. The third kappa shape index (κ3) is 6.64. The molecule has 0 aromatic heterocycles. The van der Waals surface area contributed by atoms with Gasteiger partial charge in [-0.2, -0.15) is 0 Å². The van der Waals surface area contributed by atoms with Gasteiger partial charge in [0.05, 0.1) is 0 Å². The zero-order valence-corrected chi connectivity index (χ0v) is 11.8. The first-order chi connectivity index (χ1) is 7.82. The van der Waals surface area contributed by atoms with Crippen molar-refractivity contribution in [1.29, 1.82) is 0 Å². The van der Waals surface area contributed by atoms with Crippen LogP contribution in [0.2, 0.25) is 0 Å². The van der Waals surface area contributed by atoms with Crippen molar-refractivity contribution >= 4 is 5.91 Å². The van der Waals surface area contributed by atoms with Crippen molar-refractivity contribution in [2.75, 3.05) is 19.7 Å². The molecule has 4 nitrogen and oxygen atoms in total. The van der Waals surface area contributed by atoms with E-state index in [1.54, 1.807) is 0 Å². The summed E-state index contributed by atoms with van der Waals surface area (Å²) in [7, 11) is 0. The summed E-state index contributed by atoms with van der Waals surface area (Å²) < 4.78 is 0. The predicted octanol–water partition coefficient (Wildman–Crippen LogP) is 1.15. The summed E-state index contributed by atoms with van der Waals surface area (Å²) in [6.07, 6.45) is 0.600. The second-order valence-electron chi connectivity index (χ2n) is 5.65. The van der Waals surface area contributed by atoms with Gasteiger partial charge in [-0.3, -0.25) is 4.79 Å². The molecular weight excluding hydrogens is 216 g/mol. The van der Waals surface area contributed by atoms with Gasteiger partial charge in [-0.1, -0.05) is 34.6 Å². The number of carbonyl (C=O) groups excluding carboxylic acids is 1. The van der Waals surface area contributed by atoms with Crippen LogP contribution in [-0.2, 0) is 4.79 Å². The molecule has 102 valence electrons. The van der Waals surface area contributed by atoms with Crippen molar-refractivity contribution in [3.8, 4) is 0 Å². The molecule has 0 radical (unpaired) electrons. The highest BCUT2D eigenvalue weighted by Gasteiger charge is 2.27. The van der Waals surface area contributed by atoms with Crippen LogP contribution < -0.4 is 10.6 Å². The summed E-state index contributed by atoms with van der Waals surface area (Å²) in [5.74, 6) is 0.0119. The molecule has 0 heterocycles. The fraction of sp³-hybridized carbons (Fsp3) is 0.923. The van der Waals surface area contributed by atoms with Crippen molar-refractivity contribution < 1.29 is 9.90 Å². The normalized spacial score (nSPS) is 15.4. The third-order valence-corrected chi connectivity index (χ3v) is 2.93. The van der Waals surface area contributed by atoms with E-state index in [2.05, 4.69) is 31.4 Å².